The number of para-hydroxylation sites is 1. The molecule has 1 atom stereocenters. The Bertz CT molecular complexity index is 965. The maximum Gasteiger partial charge on any atom is 0.256 e. The summed E-state index contributed by atoms with van der Waals surface area (Å²) in [5.41, 5.74) is 1.31. The van der Waals surface area contributed by atoms with Crippen LogP contribution in [0.5, 0.6) is 5.75 Å². The smallest absolute Gasteiger partial charge is 0.256 e. The summed E-state index contributed by atoms with van der Waals surface area (Å²) < 4.78 is 12.7. The first kappa shape index (κ1) is 17.4. The van der Waals surface area contributed by atoms with Crippen LogP contribution in [-0.4, -0.2) is 17.6 Å². The van der Waals surface area contributed by atoms with Crippen molar-refractivity contribution in [3.8, 4) is 17.7 Å². The summed E-state index contributed by atoms with van der Waals surface area (Å²) in [7, 11) is 1.59. The summed E-state index contributed by atoms with van der Waals surface area (Å²) in [5.74, 6) is 1.07. The van der Waals surface area contributed by atoms with Gasteiger partial charge in [-0.05, 0) is 32.0 Å². The highest BCUT2D eigenvalue weighted by molar-refractivity contribution is 5.98. The van der Waals surface area contributed by atoms with Crippen LogP contribution in [0.1, 0.15) is 40.2 Å². The van der Waals surface area contributed by atoms with E-state index in [2.05, 4.69) is 11.4 Å². The maximum absolute atomic E-state index is 12.8. The van der Waals surface area contributed by atoms with E-state index in [9.17, 15) is 10.1 Å². The summed E-state index contributed by atoms with van der Waals surface area (Å²) in [4.78, 5) is 12.8. The standard InChI is InChI=1S/C20H19N3O3/c1-13(15-8-4-5-9-17(15)25-3)22-19(24)18-14(2)26-20(16(18)12-21)23-10-6-7-11-23/h4-11,13H,1-3H3,(H,22,24)/t13-/m1/s1. The number of carbonyl (C=O) groups excluding carboxylic acids is 1. The Morgan fingerprint density at radius 1 is 1.27 bits per heavy atom. The van der Waals surface area contributed by atoms with Crippen molar-refractivity contribution in [1.82, 2.24) is 9.88 Å². The predicted octanol–water partition coefficient (Wildman–Crippen LogP) is 3.75. The van der Waals surface area contributed by atoms with Crippen LogP contribution in [0.2, 0.25) is 0 Å². The van der Waals surface area contributed by atoms with Crippen LogP contribution < -0.4 is 10.1 Å². The number of amides is 1. The Labute approximate surface area is 151 Å². The second-order valence-electron chi connectivity index (χ2n) is 5.85. The molecule has 2 heterocycles. The molecule has 1 aromatic carbocycles. The van der Waals surface area contributed by atoms with Crippen molar-refractivity contribution in [3.05, 3.63) is 71.2 Å². The van der Waals surface area contributed by atoms with Crippen LogP contribution in [0, 0.1) is 18.3 Å². The minimum Gasteiger partial charge on any atom is -0.496 e. The predicted molar refractivity (Wildman–Crippen MR) is 96.4 cm³/mol. The molecule has 0 aliphatic heterocycles. The number of nitrogens with one attached hydrogen (secondary N) is 1. The molecular formula is C20H19N3O3. The molecule has 0 radical (unpaired) electrons. The minimum atomic E-state index is -0.361. The molecule has 0 saturated carbocycles. The lowest BCUT2D eigenvalue weighted by Gasteiger charge is -2.17. The zero-order valence-corrected chi connectivity index (χ0v) is 14.8. The van der Waals surface area contributed by atoms with Crippen molar-refractivity contribution in [2.24, 2.45) is 0 Å². The third kappa shape index (κ3) is 3.07. The van der Waals surface area contributed by atoms with Crippen molar-refractivity contribution >= 4 is 5.91 Å². The number of nitrogens with zero attached hydrogens (tertiary/aromatic N) is 2. The van der Waals surface area contributed by atoms with Gasteiger partial charge in [0.15, 0.2) is 0 Å². The van der Waals surface area contributed by atoms with Crippen molar-refractivity contribution in [3.63, 3.8) is 0 Å². The molecule has 0 fully saturated rings. The maximum atomic E-state index is 12.8. The molecule has 1 N–H and O–H groups in total. The average molecular weight is 349 g/mol. The van der Waals surface area contributed by atoms with Gasteiger partial charge in [0.1, 0.15) is 28.7 Å². The molecule has 0 aliphatic rings. The third-order valence-corrected chi connectivity index (χ3v) is 4.20. The number of aromatic nitrogens is 1. The highest BCUT2D eigenvalue weighted by Crippen LogP contribution is 2.28. The van der Waals surface area contributed by atoms with Crippen LogP contribution in [-0.2, 0) is 0 Å². The first-order valence-electron chi connectivity index (χ1n) is 8.17. The Kier molecular flexibility index (Phi) is 4.81. The van der Waals surface area contributed by atoms with E-state index >= 15 is 0 Å². The van der Waals surface area contributed by atoms with E-state index in [-0.39, 0.29) is 23.1 Å². The van der Waals surface area contributed by atoms with Gasteiger partial charge < -0.3 is 14.5 Å². The molecule has 0 aliphatic carbocycles. The van der Waals surface area contributed by atoms with Gasteiger partial charge in [-0.25, -0.2) is 0 Å². The number of hydrogen-bond acceptors (Lipinski definition) is 4. The summed E-state index contributed by atoms with van der Waals surface area (Å²) in [6, 6.07) is 12.9. The number of benzene rings is 1. The third-order valence-electron chi connectivity index (χ3n) is 4.20. The van der Waals surface area contributed by atoms with Gasteiger partial charge in [0.05, 0.1) is 13.2 Å². The van der Waals surface area contributed by atoms with Gasteiger partial charge in [-0.2, -0.15) is 5.26 Å². The van der Waals surface area contributed by atoms with Crippen LogP contribution >= 0.6 is 0 Å². The van der Waals surface area contributed by atoms with Crippen molar-refractivity contribution in [2.45, 2.75) is 19.9 Å². The molecule has 132 valence electrons. The van der Waals surface area contributed by atoms with Crippen LogP contribution in [0.3, 0.4) is 0 Å². The molecule has 3 rings (SSSR count). The largest absolute Gasteiger partial charge is 0.496 e. The molecule has 0 bridgehead atoms. The van der Waals surface area contributed by atoms with Gasteiger partial charge in [0.25, 0.3) is 5.91 Å². The first-order valence-corrected chi connectivity index (χ1v) is 8.17. The zero-order valence-electron chi connectivity index (χ0n) is 14.8. The van der Waals surface area contributed by atoms with Crippen LogP contribution in [0.15, 0.2) is 53.2 Å². The number of methoxy groups -OCH3 is 1. The summed E-state index contributed by atoms with van der Waals surface area (Å²) >= 11 is 0. The molecule has 26 heavy (non-hydrogen) atoms. The quantitative estimate of drug-likeness (QED) is 0.761. The minimum absolute atomic E-state index is 0.212. The van der Waals surface area contributed by atoms with Crippen molar-refractivity contribution in [2.75, 3.05) is 7.11 Å². The highest BCUT2D eigenvalue weighted by atomic mass is 16.5. The molecule has 0 spiro atoms. The Balaban J connectivity index is 1.92. The van der Waals surface area contributed by atoms with Gasteiger partial charge >= 0.3 is 0 Å². The molecular weight excluding hydrogens is 330 g/mol. The number of furan rings is 1. The molecule has 3 aromatic rings. The lowest BCUT2D eigenvalue weighted by Crippen LogP contribution is -2.27. The fourth-order valence-corrected chi connectivity index (χ4v) is 2.93. The fourth-order valence-electron chi connectivity index (χ4n) is 2.93. The summed E-state index contributed by atoms with van der Waals surface area (Å²) in [5, 5.41) is 12.5. The highest BCUT2D eigenvalue weighted by Gasteiger charge is 2.26. The SMILES string of the molecule is COc1ccccc1[C@@H](C)NC(=O)c1c(C)oc(-n2cccc2)c1C#N. The molecule has 2 aromatic heterocycles. The molecule has 0 unspecified atom stereocenters. The van der Waals surface area contributed by atoms with Gasteiger partial charge in [-0.15, -0.1) is 0 Å². The lowest BCUT2D eigenvalue weighted by molar-refractivity contribution is 0.0937. The van der Waals surface area contributed by atoms with Gasteiger partial charge in [0, 0.05) is 18.0 Å². The number of hydrogen-bond donors (Lipinski definition) is 1. The topological polar surface area (TPSA) is 80.2 Å². The summed E-state index contributed by atoms with van der Waals surface area (Å²) in [6.45, 7) is 3.54. The molecule has 6 heteroatoms. The number of carbonyl (C=O) groups is 1. The molecule has 6 nitrogen and oxygen atoms in total. The lowest BCUT2D eigenvalue weighted by atomic mass is 10.1. The Hall–Kier alpha value is -3.46. The second kappa shape index (κ2) is 7.19. The van der Waals surface area contributed by atoms with E-state index < -0.39 is 0 Å². The summed E-state index contributed by atoms with van der Waals surface area (Å²) in [6.07, 6.45) is 3.52. The van der Waals surface area contributed by atoms with E-state index in [0.717, 1.165) is 5.56 Å². The average Bonchev–Trinajstić information content (AvgIpc) is 3.28. The van der Waals surface area contributed by atoms with Gasteiger partial charge in [0.2, 0.25) is 5.88 Å². The fraction of sp³-hybridized carbons (Fsp3) is 0.200. The Morgan fingerprint density at radius 3 is 2.62 bits per heavy atom. The van der Waals surface area contributed by atoms with E-state index in [0.29, 0.717) is 17.4 Å². The van der Waals surface area contributed by atoms with Crippen LogP contribution in [0.4, 0.5) is 0 Å². The second-order valence-corrected chi connectivity index (χ2v) is 5.85. The number of nitriles is 1. The monoisotopic (exact) mass is 349 g/mol. The number of ether oxygens (including phenoxy) is 1. The van der Waals surface area contributed by atoms with E-state index in [4.69, 9.17) is 9.15 Å². The zero-order chi connectivity index (χ0) is 18.7. The Morgan fingerprint density at radius 2 is 1.96 bits per heavy atom. The number of aryl methyl sites for hydroxylation is 1. The van der Waals surface area contributed by atoms with Crippen molar-refractivity contribution in [1.29, 1.82) is 5.26 Å². The van der Waals surface area contributed by atoms with E-state index in [1.165, 1.54) is 0 Å². The number of rotatable bonds is 5. The normalized spacial score (nSPS) is 11.6. The van der Waals surface area contributed by atoms with Gasteiger partial charge in [-0.1, -0.05) is 18.2 Å². The first-order chi connectivity index (χ1) is 12.6. The molecule has 0 saturated heterocycles. The van der Waals surface area contributed by atoms with Crippen molar-refractivity contribution < 1.29 is 13.9 Å². The van der Waals surface area contributed by atoms with E-state index in [1.54, 1.807) is 31.0 Å². The van der Waals surface area contributed by atoms with Crippen LogP contribution in [0.25, 0.3) is 5.88 Å². The molecule has 1 amide bonds. The van der Waals surface area contributed by atoms with Gasteiger partial charge in [-0.3, -0.25) is 9.36 Å². The van der Waals surface area contributed by atoms with E-state index in [1.807, 2.05) is 43.3 Å².